The fourth-order valence-corrected chi connectivity index (χ4v) is 4.35. The third-order valence-corrected chi connectivity index (χ3v) is 5.62. The predicted octanol–water partition coefficient (Wildman–Crippen LogP) is 1.29. The lowest BCUT2D eigenvalue weighted by Crippen LogP contribution is -2.71. The number of carbonyl (C=O) groups excluding carboxylic acids is 2. The molecule has 1 N–H and O–H groups in total. The van der Waals surface area contributed by atoms with E-state index in [1.54, 1.807) is 6.20 Å². The SMILES string of the molecule is CSc1ncc2c(n1)N1[C@H](C2)C(=O)NC(=O)C12CCCCC2. The molecule has 2 fully saturated rings. The van der Waals surface area contributed by atoms with Crippen molar-refractivity contribution in [3.8, 4) is 0 Å². The molecule has 2 amide bonds. The Hall–Kier alpha value is -1.63. The summed E-state index contributed by atoms with van der Waals surface area (Å²) in [5.41, 5.74) is 0.365. The molecule has 1 atom stereocenters. The Balaban J connectivity index is 1.85. The van der Waals surface area contributed by atoms with Crippen molar-refractivity contribution in [1.82, 2.24) is 15.3 Å². The number of nitrogens with one attached hydrogen (secondary N) is 1. The maximum atomic E-state index is 12.7. The lowest BCUT2D eigenvalue weighted by atomic mass is 9.77. The standard InChI is InChI=1S/C15H18N4O2S/c1-22-14-16-8-9-7-10-12(20)18-13(21)15(5-3-2-4-6-15)19(10)11(9)17-14/h8,10H,2-7H2,1H3,(H,18,20,21)/t10-/m1/s1. The number of rotatable bonds is 1. The molecule has 0 radical (unpaired) electrons. The Labute approximate surface area is 133 Å². The fraction of sp³-hybridized carbons (Fsp3) is 0.600. The molecule has 1 spiro atoms. The first-order valence-electron chi connectivity index (χ1n) is 7.70. The molecule has 0 bridgehead atoms. The summed E-state index contributed by atoms with van der Waals surface area (Å²) < 4.78 is 0. The smallest absolute Gasteiger partial charge is 0.252 e. The number of nitrogens with zero attached hydrogens (tertiary/aromatic N) is 3. The van der Waals surface area contributed by atoms with Gasteiger partial charge >= 0.3 is 0 Å². The molecular weight excluding hydrogens is 300 g/mol. The summed E-state index contributed by atoms with van der Waals surface area (Å²) in [6.07, 6.45) is 9.08. The zero-order chi connectivity index (χ0) is 15.3. The second-order valence-electron chi connectivity index (χ2n) is 6.21. The summed E-state index contributed by atoms with van der Waals surface area (Å²) >= 11 is 1.48. The van der Waals surface area contributed by atoms with Crippen LogP contribution in [0.3, 0.4) is 0 Å². The number of carbonyl (C=O) groups is 2. The quantitative estimate of drug-likeness (QED) is 0.478. The van der Waals surface area contributed by atoms with E-state index in [1.165, 1.54) is 11.8 Å². The first kappa shape index (κ1) is 14.0. The number of hydrogen-bond donors (Lipinski definition) is 1. The van der Waals surface area contributed by atoms with Crippen LogP contribution < -0.4 is 10.2 Å². The topological polar surface area (TPSA) is 75.2 Å². The van der Waals surface area contributed by atoms with Gasteiger partial charge in [-0.15, -0.1) is 0 Å². The van der Waals surface area contributed by atoms with E-state index in [2.05, 4.69) is 15.3 Å². The van der Waals surface area contributed by atoms with Crippen molar-refractivity contribution in [3.63, 3.8) is 0 Å². The van der Waals surface area contributed by atoms with Crippen LogP contribution in [0.15, 0.2) is 11.4 Å². The van der Waals surface area contributed by atoms with E-state index in [0.717, 1.165) is 43.5 Å². The van der Waals surface area contributed by atoms with Crippen LogP contribution >= 0.6 is 11.8 Å². The average molecular weight is 318 g/mol. The van der Waals surface area contributed by atoms with Gasteiger partial charge in [0.05, 0.1) is 0 Å². The van der Waals surface area contributed by atoms with Gasteiger partial charge in [0, 0.05) is 18.2 Å². The van der Waals surface area contributed by atoms with Gasteiger partial charge in [-0.05, 0) is 19.1 Å². The largest absolute Gasteiger partial charge is 0.329 e. The first-order chi connectivity index (χ1) is 10.7. The first-order valence-corrected chi connectivity index (χ1v) is 8.93. The summed E-state index contributed by atoms with van der Waals surface area (Å²) in [5, 5.41) is 3.29. The number of aromatic nitrogens is 2. The van der Waals surface area contributed by atoms with E-state index in [-0.39, 0.29) is 17.9 Å². The predicted molar refractivity (Wildman–Crippen MR) is 82.7 cm³/mol. The van der Waals surface area contributed by atoms with Gasteiger partial charge in [0.15, 0.2) is 5.16 Å². The zero-order valence-electron chi connectivity index (χ0n) is 12.5. The Morgan fingerprint density at radius 3 is 2.82 bits per heavy atom. The highest BCUT2D eigenvalue weighted by atomic mass is 32.2. The van der Waals surface area contributed by atoms with E-state index >= 15 is 0 Å². The van der Waals surface area contributed by atoms with Gasteiger partial charge in [-0.1, -0.05) is 31.0 Å². The number of anilines is 1. The van der Waals surface area contributed by atoms with E-state index in [4.69, 9.17) is 0 Å². The number of hydrogen-bond acceptors (Lipinski definition) is 6. The van der Waals surface area contributed by atoms with Gasteiger partial charge in [-0.2, -0.15) is 0 Å². The lowest BCUT2D eigenvalue weighted by molar-refractivity contribution is -0.139. The monoisotopic (exact) mass is 318 g/mol. The minimum absolute atomic E-state index is 0.148. The molecule has 1 saturated carbocycles. The van der Waals surface area contributed by atoms with Crippen molar-refractivity contribution < 1.29 is 9.59 Å². The second kappa shape index (κ2) is 4.94. The molecule has 3 heterocycles. The molecule has 22 heavy (non-hydrogen) atoms. The van der Waals surface area contributed by atoms with E-state index in [0.29, 0.717) is 11.6 Å². The summed E-state index contributed by atoms with van der Waals surface area (Å²) in [5.74, 6) is 0.435. The van der Waals surface area contributed by atoms with E-state index < -0.39 is 5.54 Å². The van der Waals surface area contributed by atoms with Crippen molar-refractivity contribution in [2.75, 3.05) is 11.2 Å². The van der Waals surface area contributed by atoms with Crippen LogP contribution in [0.2, 0.25) is 0 Å². The maximum absolute atomic E-state index is 12.7. The van der Waals surface area contributed by atoms with Crippen molar-refractivity contribution in [2.24, 2.45) is 0 Å². The van der Waals surface area contributed by atoms with Gasteiger partial charge in [0.1, 0.15) is 17.4 Å². The lowest BCUT2D eigenvalue weighted by Gasteiger charge is -2.49. The summed E-state index contributed by atoms with van der Waals surface area (Å²) in [6, 6.07) is -0.322. The molecular formula is C15H18N4O2S. The summed E-state index contributed by atoms with van der Waals surface area (Å²) in [7, 11) is 0. The average Bonchev–Trinajstić information content (AvgIpc) is 2.93. The number of thioether (sulfide) groups is 1. The Morgan fingerprint density at radius 2 is 2.09 bits per heavy atom. The Bertz CT molecular complexity index is 657. The highest BCUT2D eigenvalue weighted by molar-refractivity contribution is 7.98. The molecule has 1 aromatic rings. The number of piperazine rings is 1. The highest BCUT2D eigenvalue weighted by Gasteiger charge is 2.56. The van der Waals surface area contributed by atoms with Crippen LogP contribution in [-0.4, -0.2) is 39.6 Å². The van der Waals surface area contributed by atoms with Gasteiger partial charge in [0.2, 0.25) is 5.91 Å². The van der Waals surface area contributed by atoms with E-state index in [9.17, 15) is 9.59 Å². The number of imide groups is 1. The molecule has 0 aromatic carbocycles. The number of amides is 2. The minimum atomic E-state index is -0.605. The molecule has 116 valence electrons. The maximum Gasteiger partial charge on any atom is 0.252 e. The van der Waals surface area contributed by atoms with Crippen molar-refractivity contribution in [3.05, 3.63) is 11.8 Å². The molecule has 6 nitrogen and oxygen atoms in total. The second-order valence-corrected chi connectivity index (χ2v) is 6.98. The fourth-order valence-electron chi connectivity index (χ4n) is 4.02. The third-order valence-electron chi connectivity index (χ3n) is 5.06. The van der Waals surface area contributed by atoms with Gasteiger partial charge in [-0.3, -0.25) is 14.9 Å². The van der Waals surface area contributed by atoms with Crippen molar-refractivity contribution in [1.29, 1.82) is 0 Å². The number of fused-ring (bicyclic) bond motifs is 4. The molecule has 1 aliphatic carbocycles. The molecule has 0 unspecified atom stereocenters. The van der Waals surface area contributed by atoms with Gasteiger partial charge in [-0.25, -0.2) is 9.97 Å². The van der Waals surface area contributed by atoms with Crippen molar-refractivity contribution in [2.45, 2.75) is 55.3 Å². The van der Waals surface area contributed by atoms with Crippen LogP contribution in [0.5, 0.6) is 0 Å². The molecule has 7 heteroatoms. The third kappa shape index (κ3) is 1.81. The van der Waals surface area contributed by atoms with Crippen molar-refractivity contribution >= 4 is 29.4 Å². The van der Waals surface area contributed by atoms with Crippen LogP contribution in [-0.2, 0) is 16.0 Å². The minimum Gasteiger partial charge on any atom is -0.329 e. The molecule has 1 saturated heterocycles. The molecule has 1 aromatic heterocycles. The van der Waals surface area contributed by atoms with Crippen LogP contribution in [0.4, 0.5) is 5.82 Å². The highest BCUT2D eigenvalue weighted by Crippen LogP contribution is 2.45. The molecule has 2 aliphatic heterocycles. The van der Waals surface area contributed by atoms with Gasteiger partial charge < -0.3 is 4.90 Å². The van der Waals surface area contributed by atoms with E-state index in [1.807, 2.05) is 11.2 Å². The van der Waals surface area contributed by atoms with Crippen LogP contribution in [0, 0.1) is 0 Å². The Kier molecular flexibility index (Phi) is 3.14. The Morgan fingerprint density at radius 1 is 1.32 bits per heavy atom. The molecule has 3 aliphatic rings. The van der Waals surface area contributed by atoms with Crippen LogP contribution in [0.25, 0.3) is 0 Å². The zero-order valence-corrected chi connectivity index (χ0v) is 13.3. The summed E-state index contributed by atoms with van der Waals surface area (Å²) in [6.45, 7) is 0. The normalized spacial score (nSPS) is 25.9. The van der Waals surface area contributed by atoms with Gasteiger partial charge in [0.25, 0.3) is 5.91 Å². The summed E-state index contributed by atoms with van der Waals surface area (Å²) in [4.78, 5) is 35.9. The van der Waals surface area contributed by atoms with Crippen LogP contribution in [0.1, 0.15) is 37.7 Å². The molecule has 4 rings (SSSR count).